The Morgan fingerprint density at radius 1 is 1.30 bits per heavy atom. The lowest BCUT2D eigenvalue weighted by Crippen LogP contribution is -2.03. The molecule has 2 heterocycles. The van der Waals surface area contributed by atoms with Crippen LogP contribution in [-0.2, 0) is 4.79 Å². The number of rotatable bonds is 2. The molecular formula is C13H7ClN2O4. The van der Waals surface area contributed by atoms with Crippen LogP contribution in [0.4, 0.5) is 11.6 Å². The molecular weight excluding hydrogens is 284 g/mol. The Hall–Kier alpha value is -2.60. The molecule has 0 saturated carbocycles. The monoisotopic (exact) mass is 290 g/mol. The third-order valence-electron chi connectivity index (χ3n) is 2.84. The highest BCUT2D eigenvalue weighted by Crippen LogP contribution is 2.35. The van der Waals surface area contributed by atoms with E-state index in [-0.39, 0.29) is 17.6 Å². The Morgan fingerprint density at radius 3 is 2.80 bits per heavy atom. The van der Waals surface area contributed by atoms with Crippen LogP contribution in [0.5, 0.6) is 0 Å². The zero-order chi connectivity index (χ0) is 14.3. The Morgan fingerprint density at radius 2 is 2.10 bits per heavy atom. The number of halogens is 1. The number of hydrogen-bond donors (Lipinski definition) is 1. The molecule has 1 aromatic heterocycles. The Balaban J connectivity index is 2.03. The van der Waals surface area contributed by atoms with E-state index in [1.165, 1.54) is 18.2 Å². The molecule has 100 valence electrons. The van der Waals surface area contributed by atoms with E-state index >= 15 is 0 Å². The highest BCUT2D eigenvalue weighted by atomic mass is 35.5. The molecule has 0 bridgehead atoms. The van der Waals surface area contributed by atoms with Crippen molar-refractivity contribution in [3.05, 3.63) is 56.8 Å². The third-order valence-corrected chi connectivity index (χ3v) is 3.08. The maximum Gasteiger partial charge on any atom is 0.433 e. The first-order valence-electron chi connectivity index (χ1n) is 5.62. The van der Waals surface area contributed by atoms with Crippen molar-refractivity contribution in [3.63, 3.8) is 0 Å². The number of benzene rings is 1. The molecule has 0 fully saturated rings. The zero-order valence-corrected chi connectivity index (χ0v) is 10.7. The van der Waals surface area contributed by atoms with Crippen LogP contribution in [0.1, 0.15) is 11.3 Å². The van der Waals surface area contributed by atoms with Crippen molar-refractivity contribution < 1.29 is 14.1 Å². The minimum absolute atomic E-state index is 0.240. The van der Waals surface area contributed by atoms with Gasteiger partial charge in [0.15, 0.2) is 0 Å². The number of nitrogens with one attached hydrogen (secondary N) is 1. The number of carbonyl (C=O) groups excluding carboxylic acids is 1. The summed E-state index contributed by atoms with van der Waals surface area (Å²) < 4.78 is 5.01. The smallest absolute Gasteiger partial charge is 0.401 e. The van der Waals surface area contributed by atoms with Gasteiger partial charge in [-0.15, -0.1) is 0 Å². The summed E-state index contributed by atoms with van der Waals surface area (Å²) in [5.41, 5.74) is 1.66. The SMILES string of the molecule is O=C1Nc2cc(Cl)ccc2/C1=C\c1ccc([N+](=O)[O-])o1. The highest BCUT2D eigenvalue weighted by Gasteiger charge is 2.25. The quantitative estimate of drug-likeness (QED) is 0.522. The van der Waals surface area contributed by atoms with Gasteiger partial charge in [0.25, 0.3) is 5.91 Å². The summed E-state index contributed by atoms with van der Waals surface area (Å²) in [7, 11) is 0. The van der Waals surface area contributed by atoms with Gasteiger partial charge in [0, 0.05) is 10.6 Å². The summed E-state index contributed by atoms with van der Waals surface area (Å²) in [6, 6.07) is 7.69. The van der Waals surface area contributed by atoms with E-state index in [1.54, 1.807) is 18.2 Å². The van der Waals surface area contributed by atoms with Gasteiger partial charge >= 0.3 is 5.88 Å². The summed E-state index contributed by atoms with van der Waals surface area (Å²) in [4.78, 5) is 21.8. The topological polar surface area (TPSA) is 85.4 Å². The molecule has 0 spiro atoms. The third kappa shape index (κ3) is 2.06. The van der Waals surface area contributed by atoms with Gasteiger partial charge < -0.3 is 9.73 Å². The molecule has 1 N–H and O–H groups in total. The summed E-state index contributed by atoms with van der Waals surface area (Å²) in [6.07, 6.45) is 1.46. The summed E-state index contributed by atoms with van der Waals surface area (Å²) in [5, 5.41) is 13.7. The minimum Gasteiger partial charge on any atom is -0.401 e. The normalized spacial score (nSPS) is 15.2. The molecule has 0 atom stereocenters. The lowest BCUT2D eigenvalue weighted by molar-refractivity contribution is -0.402. The van der Waals surface area contributed by atoms with E-state index in [0.717, 1.165) is 0 Å². The molecule has 0 saturated heterocycles. The number of nitro groups is 1. The predicted molar refractivity (Wildman–Crippen MR) is 73.3 cm³/mol. The fourth-order valence-corrected chi connectivity index (χ4v) is 2.14. The van der Waals surface area contributed by atoms with Gasteiger partial charge in [-0.25, -0.2) is 0 Å². The molecule has 1 aromatic carbocycles. The lowest BCUT2D eigenvalue weighted by atomic mass is 10.1. The highest BCUT2D eigenvalue weighted by molar-refractivity contribution is 6.36. The van der Waals surface area contributed by atoms with Crippen molar-refractivity contribution in [2.45, 2.75) is 0 Å². The van der Waals surface area contributed by atoms with Gasteiger partial charge in [-0.05, 0) is 24.3 Å². The molecule has 2 aromatic rings. The second-order valence-corrected chi connectivity index (χ2v) is 4.57. The second kappa shape index (κ2) is 4.50. The van der Waals surface area contributed by atoms with E-state index in [2.05, 4.69) is 5.32 Å². The first-order chi connectivity index (χ1) is 9.54. The van der Waals surface area contributed by atoms with Gasteiger partial charge in [-0.3, -0.25) is 14.9 Å². The van der Waals surface area contributed by atoms with Crippen molar-refractivity contribution in [2.75, 3.05) is 5.32 Å². The summed E-state index contributed by atoms with van der Waals surface area (Å²) >= 11 is 5.85. The van der Waals surface area contributed by atoms with Crippen molar-refractivity contribution in [1.29, 1.82) is 0 Å². The molecule has 0 aliphatic carbocycles. The molecule has 0 unspecified atom stereocenters. The lowest BCUT2D eigenvalue weighted by Gasteiger charge is -1.97. The van der Waals surface area contributed by atoms with Crippen molar-refractivity contribution in [1.82, 2.24) is 0 Å². The number of furan rings is 1. The van der Waals surface area contributed by atoms with Crippen LogP contribution in [0.15, 0.2) is 34.7 Å². The molecule has 1 aliphatic rings. The number of anilines is 1. The van der Waals surface area contributed by atoms with Gasteiger partial charge in [-0.1, -0.05) is 17.7 Å². The molecule has 20 heavy (non-hydrogen) atoms. The Bertz CT molecular complexity index is 763. The van der Waals surface area contributed by atoms with Gasteiger partial charge in [0.2, 0.25) is 0 Å². The fraction of sp³-hybridized carbons (Fsp3) is 0. The average Bonchev–Trinajstić information content (AvgIpc) is 2.96. The van der Waals surface area contributed by atoms with Crippen molar-refractivity contribution >= 4 is 40.7 Å². The van der Waals surface area contributed by atoms with Crippen LogP contribution in [0.25, 0.3) is 11.6 Å². The molecule has 6 nitrogen and oxygen atoms in total. The number of fused-ring (bicyclic) bond motifs is 1. The predicted octanol–water partition coefficient (Wildman–Crippen LogP) is 3.33. The summed E-state index contributed by atoms with van der Waals surface area (Å²) in [6.45, 7) is 0. The zero-order valence-electron chi connectivity index (χ0n) is 9.92. The molecule has 7 heteroatoms. The Kier molecular flexibility index (Phi) is 2.80. The fourth-order valence-electron chi connectivity index (χ4n) is 1.97. The van der Waals surface area contributed by atoms with Gasteiger partial charge in [-0.2, -0.15) is 0 Å². The first-order valence-corrected chi connectivity index (χ1v) is 5.99. The standard InChI is InChI=1S/C13H7ClN2O4/c14-7-1-3-9-10(13(17)15-11(9)5-7)6-8-2-4-12(20-8)16(18)19/h1-6H,(H,15,17)/b10-6+. The van der Waals surface area contributed by atoms with Crippen LogP contribution < -0.4 is 5.32 Å². The van der Waals surface area contributed by atoms with E-state index in [1.807, 2.05) is 0 Å². The summed E-state index contributed by atoms with van der Waals surface area (Å²) in [5.74, 6) is -0.433. The maximum absolute atomic E-state index is 11.9. The molecule has 1 amide bonds. The Labute approximate surface area is 117 Å². The number of amides is 1. The van der Waals surface area contributed by atoms with Gasteiger partial charge in [0.05, 0.1) is 17.3 Å². The van der Waals surface area contributed by atoms with Crippen molar-refractivity contribution in [2.24, 2.45) is 0 Å². The first kappa shape index (κ1) is 12.4. The van der Waals surface area contributed by atoms with Crippen molar-refractivity contribution in [3.8, 4) is 0 Å². The number of carbonyl (C=O) groups is 1. The molecule has 0 radical (unpaired) electrons. The van der Waals surface area contributed by atoms with E-state index in [9.17, 15) is 14.9 Å². The number of nitrogens with zero attached hydrogens (tertiary/aromatic N) is 1. The largest absolute Gasteiger partial charge is 0.433 e. The average molecular weight is 291 g/mol. The van der Waals surface area contributed by atoms with Gasteiger partial charge in [0.1, 0.15) is 10.7 Å². The van der Waals surface area contributed by atoms with E-state index in [0.29, 0.717) is 21.8 Å². The maximum atomic E-state index is 11.9. The van der Waals surface area contributed by atoms with Crippen LogP contribution in [0, 0.1) is 10.1 Å². The molecule has 1 aliphatic heterocycles. The van der Waals surface area contributed by atoms with E-state index < -0.39 is 4.92 Å². The van der Waals surface area contributed by atoms with Crippen LogP contribution in [-0.4, -0.2) is 10.8 Å². The van der Waals surface area contributed by atoms with Crippen LogP contribution >= 0.6 is 11.6 Å². The second-order valence-electron chi connectivity index (χ2n) is 4.14. The number of hydrogen-bond acceptors (Lipinski definition) is 4. The minimum atomic E-state index is -0.634. The van der Waals surface area contributed by atoms with E-state index in [4.69, 9.17) is 16.0 Å². The molecule has 3 rings (SSSR count). The van der Waals surface area contributed by atoms with Crippen LogP contribution in [0.3, 0.4) is 0 Å². The van der Waals surface area contributed by atoms with Crippen LogP contribution in [0.2, 0.25) is 5.02 Å².